The fraction of sp³-hybridized carbons (Fsp3) is 0.467. The number of alkyl halides is 3. The van der Waals surface area contributed by atoms with E-state index in [1.165, 1.54) is 24.3 Å². The maximum absolute atomic E-state index is 12.2. The van der Waals surface area contributed by atoms with Crippen LogP contribution < -0.4 is 10.6 Å². The van der Waals surface area contributed by atoms with Gasteiger partial charge in [-0.3, -0.25) is 4.79 Å². The highest BCUT2D eigenvalue weighted by Gasteiger charge is 2.31. The minimum atomic E-state index is -4.45. The van der Waals surface area contributed by atoms with Crippen molar-refractivity contribution in [3.63, 3.8) is 0 Å². The molecule has 8 heteroatoms. The number of anilines is 1. The number of carbonyl (C=O) groups is 2. The van der Waals surface area contributed by atoms with Gasteiger partial charge in [0.1, 0.15) is 6.54 Å². The molecule has 0 aliphatic heterocycles. The second kappa shape index (κ2) is 7.85. The molecule has 0 saturated carbocycles. The summed E-state index contributed by atoms with van der Waals surface area (Å²) in [6, 6.07) is 5.04. The zero-order valence-electron chi connectivity index (χ0n) is 13.2. The number of hydrogen-bond acceptors (Lipinski definition) is 2. The Labute approximate surface area is 132 Å². The monoisotopic (exact) mass is 331 g/mol. The van der Waals surface area contributed by atoms with E-state index < -0.39 is 18.8 Å². The molecule has 0 spiro atoms. The van der Waals surface area contributed by atoms with E-state index in [0.717, 1.165) is 7.05 Å². The lowest BCUT2D eigenvalue weighted by Gasteiger charge is -2.19. The highest BCUT2D eigenvalue weighted by atomic mass is 19.4. The summed E-state index contributed by atoms with van der Waals surface area (Å²) in [7, 11) is 1.05. The van der Waals surface area contributed by atoms with E-state index in [2.05, 4.69) is 10.6 Å². The van der Waals surface area contributed by atoms with E-state index in [0.29, 0.717) is 28.6 Å². The standard InChI is InChI=1S/C15H20F3N3O2/c1-10(2)8-19-13(22)11-4-6-12(7-5-11)20-14(23)21(3)9-15(16,17)18/h4-7,10H,8-9H2,1-3H3,(H,19,22)(H,20,23). The van der Waals surface area contributed by atoms with Crippen LogP contribution >= 0.6 is 0 Å². The Balaban J connectivity index is 2.60. The lowest BCUT2D eigenvalue weighted by molar-refractivity contribution is -0.137. The minimum absolute atomic E-state index is 0.245. The van der Waals surface area contributed by atoms with E-state index >= 15 is 0 Å². The van der Waals surface area contributed by atoms with Gasteiger partial charge in [0.2, 0.25) is 0 Å². The maximum atomic E-state index is 12.2. The molecule has 5 nitrogen and oxygen atoms in total. The van der Waals surface area contributed by atoms with Crippen molar-refractivity contribution in [2.45, 2.75) is 20.0 Å². The molecule has 0 heterocycles. The average Bonchev–Trinajstić information content (AvgIpc) is 2.43. The van der Waals surface area contributed by atoms with Gasteiger partial charge in [-0.25, -0.2) is 4.79 Å². The number of urea groups is 1. The Kier molecular flexibility index (Phi) is 6.41. The second-order valence-electron chi connectivity index (χ2n) is 5.58. The van der Waals surface area contributed by atoms with Crippen molar-refractivity contribution in [3.05, 3.63) is 29.8 Å². The first-order chi connectivity index (χ1) is 10.6. The summed E-state index contributed by atoms with van der Waals surface area (Å²) in [6.45, 7) is 3.14. The van der Waals surface area contributed by atoms with Crippen LogP contribution in [0.1, 0.15) is 24.2 Å². The van der Waals surface area contributed by atoms with E-state index in [-0.39, 0.29) is 5.91 Å². The maximum Gasteiger partial charge on any atom is 0.406 e. The summed E-state index contributed by atoms with van der Waals surface area (Å²) in [5.74, 6) is 0.0763. The molecule has 0 unspecified atom stereocenters. The largest absolute Gasteiger partial charge is 0.406 e. The molecule has 23 heavy (non-hydrogen) atoms. The topological polar surface area (TPSA) is 61.4 Å². The zero-order chi connectivity index (χ0) is 17.6. The van der Waals surface area contributed by atoms with Crippen LogP contribution in [0, 0.1) is 5.92 Å². The summed E-state index contributed by atoms with van der Waals surface area (Å²) >= 11 is 0. The van der Waals surface area contributed by atoms with Crippen LogP contribution in [0.5, 0.6) is 0 Å². The molecule has 2 N–H and O–H groups in total. The van der Waals surface area contributed by atoms with Crippen LogP contribution in [-0.2, 0) is 0 Å². The van der Waals surface area contributed by atoms with Crippen molar-refractivity contribution in [2.24, 2.45) is 5.92 Å². The number of rotatable bonds is 5. The molecular formula is C15H20F3N3O2. The normalized spacial score (nSPS) is 11.3. The van der Waals surface area contributed by atoms with Gasteiger partial charge in [-0.2, -0.15) is 13.2 Å². The zero-order valence-corrected chi connectivity index (χ0v) is 13.2. The summed E-state index contributed by atoms with van der Waals surface area (Å²) in [5, 5.41) is 5.08. The molecule has 0 aliphatic carbocycles. The second-order valence-corrected chi connectivity index (χ2v) is 5.58. The molecule has 1 rings (SSSR count). The Bertz CT molecular complexity index is 542. The fourth-order valence-corrected chi connectivity index (χ4v) is 1.66. The molecule has 1 aromatic carbocycles. The Hall–Kier alpha value is -2.25. The highest BCUT2D eigenvalue weighted by molar-refractivity contribution is 5.95. The molecular weight excluding hydrogens is 311 g/mol. The first-order valence-corrected chi connectivity index (χ1v) is 7.05. The minimum Gasteiger partial charge on any atom is -0.352 e. The van der Waals surface area contributed by atoms with Crippen molar-refractivity contribution in [1.82, 2.24) is 10.2 Å². The van der Waals surface area contributed by atoms with Crippen LogP contribution in [0.15, 0.2) is 24.3 Å². The van der Waals surface area contributed by atoms with Gasteiger partial charge in [-0.05, 0) is 30.2 Å². The summed E-state index contributed by atoms with van der Waals surface area (Å²) < 4.78 is 36.6. The number of nitrogens with zero attached hydrogens (tertiary/aromatic N) is 1. The summed E-state index contributed by atoms with van der Waals surface area (Å²) in [6.07, 6.45) is -4.45. The van der Waals surface area contributed by atoms with Gasteiger partial charge in [0.05, 0.1) is 0 Å². The van der Waals surface area contributed by atoms with Crippen LogP contribution in [0.3, 0.4) is 0 Å². The number of nitrogens with one attached hydrogen (secondary N) is 2. The lowest BCUT2D eigenvalue weighted by atomic mass is 10.1. The first kappa shape index (κ1) is 18.8. The molecule has 0 aliphatic rings. The molecule has 0 saturated heterocycles. The van der Waals surface area contributed by atoms with Gasteiger partial charge in [0.25, 0.3) is 5.91 Å². The quantitative estimate of drug-likeness (QED) is 0.871. The molecule has 0 radical (unpaired) electrons. The Morgan fingerprint density at radius 2 is 1.74 bits per heavy atom. The van der Waals surface area contributed by atoms with Crippen molar-refractivity contribution in [1.29, 1.82) is 0 Å². The third kappa shape index (κ3) is 7.03. The van der Waals surface area contributed by atoms with E-state index in [1.807, 2.05) is 13.8 Å². The molecule has 3 amide bonds. The molecule has 0 bridgehead atoms. The number of amides is 3. The first-order valence-electron chi connectivity index (χ1n) is 7.05. The van der Waals surface area contributed by atoms with Gasteiger partial charge in [0.15, 0.2) is 0 Å². The van der Waals surface area contributed by atoms with E-state index in [1.54, 1.807) is 0 Å². The summed E-state index contributed by atoms with van der Waals surface area (Å²) in [5.41, 5.74) is 0.719. The third-order valence-corrected chi connectivity index (χ3v) is 2.83. The van der Waals surface area contributed by atoms with Crippen LogP contribution in [0.2, 0.25) is 0 Å². The van der Waals surface area contributed by atoms with E-state index in [9.17, 15) is 22.8 Å². The lowest BCUT2D eigenvalue weighted by Crippen LogP contribution is -2.38. The number of carbonyl (C=O) groups excluding carboxylic acids is 2. The SMILES string of the molecule is CC(C)CNC(=O)c1ccc(NC(=O)N(C)CC(F)(F)F)cc1. The Morgan fingerprint density at radius 3 is 2.22 bits per heavy atom. The average molecular weight is 331 g/mol. The number of benzene rings is 1. The van der Waals surface area contributed by atoms with Gasteiger partial charge in [0, 0.05) is 24.8 Å². The fourth-order valence-electron chi connectivity index (χ4n) is 1.66. The van der Waals surface area contributed by atoms with Gasteiger partial charge >= 0.3 is 12.2 Å². The van der Waals surface area contributed by atoms with Crippen molar-refractivity contribution in [3.8, 4) is 0 Å². The molecule has 128 valence electrons. The van der Waals surface area contributed by atoms with Gasteiger partial charge < -0.3 is 15.5 Å². The molecule has 0 aromatic heterocycles. The van der Waals surface area contributed by atoms with Gasteiger partial charge in [-0.1, -0.05) is 13.8 Å². The van der Waals surface area contributed by atoms with Crippen molar-refractivity contribution in [2.75, 3.05) is 25.5 Å². The molecule has 0 atom stereocenters. The van der Waals surface area contributed by atoms with Gasteiger partial charge in [-0.15, -0.1) is 0 Å². The number of hydrogen-bond donors (Lipinski definition) is 2. The smallest absolute Gasteiger partial charge is 0.352 e. The summed E-state index contributed by atoms with van der Waals surface area (Å²) in [4.78, 5) is 24.0. The van der Waals surface area contributed by atoms with Crippen LogP contribution in [0.4, 0.5) is 23.7 Å². The number of halogens is 3. The Morgan fingerprint density at radius 1 is 1.17 bits per heavy atom. The molecule has 0 fully saturated rings. The third-order valence-electron chi connectivity index (χ3n) is 2.83. The predicted molar refractivity (Wildman–Crippen MR) is 81.3 cm³/mol. The highest BCUT2D eigenvalue weighted by Crippen LogP contribution is 2.16. The van der Waals surface area contributed by atoms with Crippen LogP contribution in [-0.4, -0.2) is 43.2 Å². The van der Waals surface area contributed by atoms with Crippen molar-refractivity contribution < 1.29 is 22.8 Å². The van der Waals surface area contributed by atoms with Crippen molar-refractivity contribution >= 4 is 17.6 Å². The predicted octanol–water partition coefficient (Wildman–Crippen LogP) is 3.10. The van der Waals surface area contributed by atoms with E-state index in [4.69, 9.17) is 0 Å². The van der Waals surface area contributed by atoms with Crippen LogP contribution in [0.25, 0.3) is 0 Å². The molecule has 1 aromatic rings.